The van der Waals surface area contributed by atoms with Crippen molar-refractivity contribution >= 4 is 56.9 Å². The largest absolute Gasteiger partial charge is 0.123 e. The van der Waals surface area contributed by atoms with E-state index in [2.05, 4.69) is 22.8 Å². The van der Waals surface area contributed by atoms with Gasteiger partial charge in [-0.15, -0.1) is 22.8 Å². The Morgan fingerprint density at radius 1 is 0.350 bits per heavy atom. The van der Waals surface area contributed by atoms with Gasteiger partial charge in [-0.2, -0.15) is 0 Å². The van der Waals surface area contributed by atoms with E-state index in [1.165, 1.54) is 191 Å². The summed E-state index contributed by atoms with van der Waals surface area (Å²) in [6.07, 6.45) is 40.9. The van der Waals surface area contributed by atoms with E-state index >= 15 is 0 Å². The molecule has 0 saturated heterocycles. The van der Waals surface area contributed by atoms with Gasteiger partial charge in [-0.1, -0.05) is 139 Å². The second-order valence-electron chi connectivity index (χ2n) is 14.0. The first-order chi connectivity index (χ1) is 19.6. The lowest BCUT2D eigenvalue weighted by molar-refractivity contribution is 0.488. The molecule has 0 bridgehead atoms. The molecule has 0 heterocycles. The van der Waals surface area contributed by atoms with Crippen LogP contribution in [0.5, 0.6) is 0 Å². The van der Waals surface area contributed by atoms with E-state index < -0.39 is 10.5 Å². The fourth-order valence-corrected chi connectivity index (χ4v) is 27.5. The monoisotopic (exact) mass is 662 g/mol. The molecule has 0 atom stereocenters. The number of hydrogen-bond donors (Lipinski definition) is 0. The zero-order valence-corrected chi connectivity index (χ0v) is 31.1. The predicted octanol–water partition coefficient (Wildman–Crippen LogP) is 13.7. The van der Waals surface area contributed by atoms with Gasteiger partial charge in [0.2, 0.25) is 0 Å². The van der Waals surface area contributed by atoms with E-state index in [4.69, 9.17) is 23.6 Å². The molecule has 4 rings (SSSR count). The molecule has 0 radical (unpaired) electrons. The highest BCUT2D eigenvalue weighted by Crippen LogP contribution is 2.72. The van der Waals surface area contributed by atoms with E-state index in [0.717, 1.165) is 22.6 Å². The number of rotatable bonds is 17. The Morgan fingerprint density at radius 3 is 0.825 bits per heavy atom. The minimum absolute atomic E-state index is 0.931. The van der Waals surface area contributed by atoms with Gasteiger partial charge in [0.05, 0.1) is 0 Å². The second kappa shape index (κ2) is 19.5. The first-order valence-corrected chi connectivity index (χ1v) is 27.2. The Morgan fingerprint density at radius 2 is 0.575 bits per heavy atom. The third-order valence-electron chi connectivity index (χ3n) is 11.0. The number of unbranched alkanes of at least 4 members (excludes halogenated alkanes) is 7. The SMILES string of the molecule is S=P(SCCCCCCCCCCSP(=S)(C1CCCCC1)C1CCCCC1)(C1CCCCC1)C1CCCCC1. The molecular formula is C34H64P2S4. The van der Waals surface area contributed by atoms with Crippen LogP contribution >= 0.6 is 33.2 Å². The van der Waals surface area contributed by atoms with Crippen molar-refractivity contribution in [2.45, 2.75) is 202 Å². The van der Waals surface area contributed by atoms with Gasteiger partial charge in [-0.25, -0.2) is 0 Å². The zero-order chi connectivity index (χ0) is 27.9. The first-order valence-electron chi connectivity index (χ1n) is 18.1. The van der Waals surface area contributed by atoms with E-state index in [9.17, 15) is 0 Å². The molecule has 0 aromatic heterocycles. The molecule has 0 aliphatic heterocycles. The average Bonchev–Trinajstić information content (AvgIpc) is 3.03. The average molecular weight is 663 g/mol. The maximum absolute atomic E-state index is 6.68. The lowest BCUT2D eigenvalue weighted by Crippen LogP contribution is -2.22. The molecule has 0 spiro atoms. The molecule has 0 unspecified atom stereocenters. The van der Waals surface area contributed by atoms with Crippen molar-refractivity contribution in [2.75, 3.05) is 11.5 Å². The lowest BCUT2D eigenvalue weighted by Gasteiger charge is -2.41. The summed E-state index contributed by atoms with van der Waals surface area (Å²) in [7, 11) is 0. The Labute approximate surface area is 269 Å². The summed E-state index contributed by atoms with van der Waals surface area (Å²) in [5, 5.41) is -2.47. The molecular weight excluding hydrogens is 599 g/mol. The van der Waals surface area contributed by atoms with Crippen molar-refractivity contribution in [1.29, 1.82) is 0 Å². The van der Waals surface area contributed by atoms with Crippen LogP contribution in [0.2, 0.25) is 0 Å². The van der Waals surface area contributed by atoms with Gasteiger partial charge < -0.3 is 0 Å². The highest BCUT2D eigenvalue weighted by Gasteiger charge is 2.38. The molecule has 0 aromatic carbocycles. The van der Waals surface area contributed by atoms with Gasteiger partial charge in [-0.05, 0) is 98.3 Å². The normalized spacial score (nSPS) is 23.5. The van der Waals surface area contributed by atoms with Crippen LogP contribution < -0.4 is 0 Å². The van der Waals surface area contributed by atoms with Crippen molar-refractivity contribution in [1.82, 2.24) is 0 Å². The highest BCUT2D eigenvalue weighted by atomic mass is 32.9. The summed E-state index contributed by atoms with van der Waals surface area (Å²) in [5.74, 6) is 2.74. The van der Waals surface area contributed by atoms with Crippen molar-refractivity contribution in [3.8, 4) is 0 Å². The fraction of sp³-hybridized carbons (Fsp3) is 1.00. The van der Waals surface area contributed by atoms with Crippen molar-refractivity contribution in [3.05, 3.63) is 0 Å². The quantitative estimate of drug-likeness (QED) is 0.112. The standard InChI is InChI=1S/C34H64P2S4/c37-35(31-21-11-7-12-22-31,32-23-13-8-14-24-32)39-29-19-5-3-1-2-4-6-20-30-40-36(38,33-25-15-9-16-26-33)34-27-17-10-18-28-34/h31-34H,1-30H2. The summed E-state index contributed by atoms with van der Waals surface area (Å²) in [6.45, 7) is 0. The van der Waals surface area contributed by atoms with Crippen LogP contribution in [0, 0.1) is 0 Å². The maximum atomic E-state index is 6.68. The first kappa shape index (κ1) is 34.9. The lowest BCUT2D eigenvalue weighted by atomic mass is 10.00. The van der Waals surface area contributed by atoms with Crippen molar-refractivity contribution in [2.24, 2.45) is 0 Å². The van der Waals surface area contributed by atoms with E-state index in [1.54, 1.807) is 0 Å². The van der Waals surface area contributed by atoms with Gasteiger partial charge in [0.1, 0.15) is 0 Å². The summed E-state index contributed by atoms with van der Waals surface area (Å²) in [4.78, 5) is 0. The third-order valence-corrected chi connectivity index (χ3v) is 31.4. The van der Waals surface area contributed by atoms with E-state index in [0.29, 0.717) is 0 Å². The van der Waals surface area contributed by atoms with Crippen LogP contribution in [0.3, 0.4) is 0 Å². The van der Waals surface area contributed by atoms with Crippen LogP contribution in [0.25, 0.3) is 0 Å². The van der Waals surface area contributed by atoms with E-state index in [1.807, 2.05) is 0 Å². The molecule has 6 heteroatoms. The Hall–Kier alpha value is 2.00. The van der Waals surface area contributed by atoms with Gasteiger partial charge in [-0.3, -0.25) is 0 Å². The van der Waals surface area contributed by atoms with Gasteiger partial charge in [0.15, 0.2) is 0 Å². The summed E-state index contributed by atoms with van der Waals surface area (Å²) in [5.41, 5.74) is 3.73. The molecule has 0 nitrogen and oxygen atoms in total. The summed E-state index contributed by atoms with van der Waals surface area (Å²) < 4.78 is 0. The molecule has 0 aromatic rings. The minimum atomic E-state index is -1.24. The molecule has 4 aliphatic carbocycles. The molecule has 234 valence electrons. The smallest absolute Gasteiger partial charge is 0.0124 e. The Kier molecular flexibility index (Phi) is 17.0. The Balaban J connectivity index is 1.06. The molecule has 4 aliphatic rings. The predicted molar refractivity (Wildman–Crippen MR) is 198 cm³/mol. The third kappa shape index (κ3) is 10.8. The highest BCUT2D eigenvalue weighted by molar-refractivity contribution is 8.71. The second-order valence-corrected chi connectivity index (χ2v) is 31.0. The number of hydrogen-bond acceptors (Lipinski definition) is 4. The topological polar surface area (TPSA) is 0 Å². The molecule has 0 amide bonds. The zero-order valence-electron chi connectivity index (χ0n) is 26.1. The van der Waals surface area contributed by atoms with Crippen LogP contribution in [-0.4, -0.2) is 34.1 Å². The van der Waals surface area contributed by atoms with Gasteiger partial charge in [0.25, 0.3) is 0 Å². The van der Waals surface area contributed by atoms with Crippen molar-refractivity contribution in [3.63, 3.8) is 0 Å². The summed E-state index contributed by atoms with van der Waals surface area (Å²) >= 11 is 18.1. The van der Waals surface area contributed by atoms with Gasteiger partial charge >= 0.3 is 0 Å². The van der Waals surface area contributed by atoms with Crippen LogP contribution in [0.1, 0.15) is 180 Å². The molecule has 0 N–H and O–H groups in total. The summed E-state index contributed by atoms with van der Waals surface area (Å²) in [6, 6.07) is 0. The maximum Gasteiger partial charge on any atom is 0.0124 e. The van der Waals surface area contributed by atoms with Crippen LogP contribution in [0.15, 0.2) is 0 Å². The Bertz CT molecular complexity index is 654. The molecule has 4 saturated carbocycles. The molecule has 40 heavy (non-hydrogen) atoms. The van der Waals surface area contributed by atoms with Crippen LogP contribution in [-0.2, 0) is 23.6 Å². The van der Waals surface area contributed by atoms with E-state index in [-0.39, 0.29) is 0 Å². The van der Waals surface area contributed by atoms with Crippen molar-refractivity contribution < 1.29 is 0 Å². The fourth-order valence-electron chi connectivity index (χ4n) is 8.46. The molecule has 4 fully saturated rings. The van der Waals surface area contributed by atoms with Crippen LogP contribution in [0.4, 0.5) is 0 Å². The van der Waals surface area contributed by atoms with Gasteiger partial charge in [0, 0.05) is 10.5 Å². The minimum Gasteiger partial charge on any atom is -0.123 e.